The minimum absolute atomic E-state index is 0.102. The minimum Gasteiger partial charge on any atom is -0.338 e. The predicted octanol–water partition coefficient (Wildman–Crippen LogP) is 2.62. The first kappa shape index (κ1) is 11.2. The number of hydrogen-bond acceptors (Lipinski definition) is 1. The van der Waals surface area contributed by atoms with Crippen molar-refractivity contribution in [3.63, 3.8) is 0 Å². The lowest BCUT2D eigenvalue weighted by molar-refractivity contribution is -0.135. The molecule has 1 aliphatic heterocycles. The van der Waals surface area contributed by atoms with Gasteiger partial charge in [-0.15, -0.1) is 0 Å². The monoisotopic (exact) mass is 217 g/mol. The van der Waals surface area contributed by atoms with Gasteiger partial charge in [-0.1, -0.05) is 38.1 Å². The van der Waals surface area contributed by atoms with E-state index < -0.39 is 0 Å². The van der Waals surface area contributed by atoms with Crippen molar-refractivity contribution in [1.29, 1.82) is 0 Å². The smallest absolute Gasteiger partial charge is 0.225 e. The normalized spacial score (nSPS) is 15.8. The molecule has 0 fully saturated rings. The van der Waals surface area contributed by atoms with E-state index in [2.05, 4.69) is 24.3 Å². The predicted molar refractivity (Wildman–Crippen MR) is 65.0 cm³/mol. The number of carbonyl (C=O) groups is 1. The largest absolute Gasteiger partial charge is 0.338 e. The van der Waals surface area contributed by atoms with Crippen LogP contribution in [-0.2, 0) is 17.8 Å². The molecule has 2 nitrogen and oxygen atoms in total. The molecular weight excluding hydrogens is 198 g/mol. The van der Waals surface area contributed by atoms with Crippen LogP contribution < -0.4 is 0 Å². The van der Waals surface area contributed by atoms with Gasteiger partial charge >= 0.3 is 0 Å². The van der Waals surface area contributed by atoms with Gasteiger partial charge in [0.25, 0.3) is 0 Å². The van der Waals surface area contributed by atoms with Gasteiger partial charge in [-0.25, -0.2) is 0 Å². The van der Waals surface area contributed by atoms with Crippen LogP contribution in [0, 0.1) is 5.92 Å². The molecule has 0 N–H and O–H groups in total. The van der Waals surface area contributed by atoms with Gasteiger partial charge in [-0.05, 0) is 24.0 Å². The molecule has 0 radical (unpaired) electrons. The summed E-state index contributed by atoms with van der Waals surface area (Å²) in [6, 6.07) is 8.46. The summed E-state index contributed by atoms with van der Waals surface area (Å²) in [7, 11) is 0. The SMILES string of the molecule is CC(C)C(=O)N1CCCc2ccccc2C1. The maximum absolute atomic E-state index is 12.0. The quantitative estimate of drug-likeness (QED) is 0.708. The van der Waals surface area contributed by atoms with Gasteiger partial charge in [0.2, 0.25) is 5.91 Å². The molecule has 0 saturated heterocycles. The maximum atomic E-state index is 12.0. The Morgan fingerprint density at radius 2 is 1.94 bits per heavy atom. The van der Waals surface area contributed by atoms with Crippen LogP contribution in [0.3, 0.4) is 0 Å². The van der Waals surface area contributed by atoms with Crippen LogP contribution >= 0.6 is 0 Å². The van der Waals surface area contributed by atoms with Gasteiger partial charge < -0.3 is 4.90 Å². The van der Waals surface area contributed by atoms with Crippen molar-refractivity contribution in [2.45, 2.75) is 33.2 Å². The summed E-state index contributed by atoms with van der Waals surface area (Å²) in [5.41, 5.74) is 2.72. The van der Waals surface area contributed by atoms with Crippen molar-refractivity contribution in [2.75, 3.05) is 6.54 Å². The molecule has 0 bridgehead atoms. The Morgan fingerprint density at radius 3 is 2.62 bits per heavy atom. The molecule has 0 aliphatic carbocycles. The second-order valence-electron chi connectivity index (χ2n) is 4.79. The Morgan fingerprint density at radius 1 is 1.25 bits per heavy atom. The molecule has 0 spiro atoms. The molecule has 2 rings (SSSR count). The average molecular weight is 217 g/mol. The molecule has 0 aromatic heterocycles. The summed E-state index contributed by atoms with van der Waals surface area (Å²) >= 11 is 0. The molecule has 1 amide bonds. The van der Waals surface area contributed by atoms with Crippen molar-refractivity contribution >= 4 is 5.91 Å². The highest BCUT2D eigenvalue weighted by molar-refractivity contribution is 5.78. The number of aryl methyl sites for hydroxylation is 1. The zero-order valence-electron chi connectivity index (χ0n) is 10.1. The second-order valence-corrected chi connectivity index (χ2v) is 4.79. The van der Waals surface area contributed by atoms with Crippen LogP contribution in [0.25, 0.3) is 0 Å². The summed E-state index contributed by atoms with van der Waals surface area (Å²) in [5.74, 6) is 0.377. The van der Waals surface area contributed by atoms with Crippen LogP contribution in [0.5, 0.6) is 0 Å². The van der Waals surface area contributed by atoms with Gasteiger partial charge in [0.05, 0.1) is 0 Å². The highest BCUT2D eigenvalue weighted by Gasteiger charge is 2.20. The summed E-state index contributed by atoms with van der Waals surface area (Å²) in [6.07, 6.45) is 2.17. The number of hydrogen-bond donors (Lipinski definition) is 0. The summed E-state index contributed by atoms with van der Waals surface area (Å²) in [4.78, 5) is 14.0. The van der Waals surface area contributed by atoms with Crippen molar-refractivity contribution < 1.29 is 4.79 Å². The molecule has 1 aromatic rings. The van der Waals surface area contributed by atoms with E-state index in [0.29, 0.717) is 0 Å². The molecule has 86 valence electrons. The Bertz CT molecular complexity index is 384. The third kappa shape index (κ3) is 2.26. The Balaban J connectivity index is 2.20. The van der Waals surface area contributed by atoms with Gasteiger partial charge in [0.1, 0.15) is 0 Å². The summed E-state index contributed by atoms with van der Waals surface area (Å²) in [6.45, 7) is 5.62. The van der Waals surface area contributed by atoms with Crippen molar-refractivity contribution in [3.05, 3.63) is 35.4 Å². The second kappa shape index (κ2) is 4.69. The van der Waals surface area contributed by atoms with E-state index in [1.54, 1.807) is 0 Å². The lowest BCUT2D eigenvalue weighted by atomic mass is 10.0. The Hall–Kier alpha value is -1.31. The van der Waals surface area contributed by atoms with Crippen molar-refractivity contribution in [3.8, 4) is 0 Å². The molecule has 2 heteroatoms. The van der Waals surface area contributed by atoms with Crippen LogP contribution in [0.1, 0.15) is 31.4 Å². The fraction of sp³-hybridized carbons (Fsp3) is 0.500. The number of amides is 1. The molecule has 1 aliphatic rings. The van der Waals surface area contributed by atoms with Crippen molar-refractivity contribution in [2.24, 2.45) is 5.92 Å². The number of rotatable bonds is 1. The standard InChI is InChI=1S/C14H19NO/c1-11(2)14(16)15-9-5-8-12-6-3-4-7-13(12)10-15/h3-4,6-7,11H,5,8-10H2,1-2H3. The highest BCUT2D eigenvalue weighted by Crippen LogP contribution is 2.19. The molecule has 0 saturated carbocycles. The van der Waals surface area contributed by atoms with E-state index in [-0.39, 0.29) is 11.8 Å². The molecule has 0 atom stereocenters. The fourth-order valence-electron chi connectivity index (χ4n) is 2.25. The number of nitrogens with zero attached hydrogens (tertiary/aromatic N) is 1. The zero-order chi connectivity index (χ0) is 11.5. The van der Waals surface area contributed by atoms with Crippen LogP contribution in [0.4, 0.5) is 0 Å². The summed E-state index contributed by atoms with van der Waals surface area (Å²) < 4.78 is 0. The Labute approximate surface area is 97.3 Å². The van der Waals surface area contributed by atoms with Gasteiger partial charge in [0.15, 0.2) is 0 Å². The third-order valence-electron chi connectivity index (χ3n) is 3.16. The van der Waals surface area contributed by atoms with Crippen LogP contribution in [0.2, 0.25) is 0 Å². The lowest BCUT2D eigenvalue weighted by Crippen LogP contribution is -2.33. The third-order valence-corrected chi connectivity index (χ3v) is 3.16. The van der Waals surface area contributed by atoms with E-state index >= 15 is 0 Å². The van der Waals surface area contributed by atoms with Crippen LogP contribution in [0.15, 0.2) is 24.3 Å². The number of carbonyl (C=O) groups excluding carboxylic acids is 1. The van der Waals surface area contributed by atoms with Crippen molar-refractivity contribution in [1.82, 2.24) is 4.90 Å². The topological polar surface area (TPSA) is 20.3 Å². The Kier molecular flexibility index (Phi) is 3.28. The van der Waals surface area contributed by atoms with Gasteiger partial charge in [-0.2, -0.15) is 0 Å². The van der Waals surface area contributed by atoms with E-state index in [0.717, 1.165) is 25.9 Å². The molecular formula is C14H19NO. The molecule has 1 heterocycles. The van der Waals surface area contributed by atoms with Crippen LogP contribution in [-0.4, -0.2) is 17.4 Å². The molecule has 0 unspecified atom stereocenters. The van der Waals surface area contributed by atoms with E-state index in [1.807, 2.05) is 18.7 Å². The highest BCUT2D eigenvalue weighted by atomic mass is 16.2. The molecule has 1 aromatic carbocycles. The average Bonchev–Trinajstić information content (AvgIpc) is 2.49. The number of fused-ring (bicyclic) bond motifs is 1. The first-order chi connectivity index (χ1) is 7.68. The minimum atomic E-state index is 0.102. The van der Waals surface area contributed by atoms with Gasteiger partial charge in [0, 0.05) is 19.0 Å². The van der Waals surface area contributed by atoms with E-state index in [1.165, 1.54) is 11.1 Å². The lowest BCUT2D eigenvalue weighted by Gasteiger charge is -2.22. The fourth-order valence-corrected chi connectivity index (χ4v) is 2.25. The summed E-state index contributed by atoms with van der Waals surface area (Å²) in [5, 5.41) is 0. The van der Waals surface area contributed by atoms with Gasteiger partial charge in [-0.3, -0.25) is 4.79 Å². The first-order valence-corrected chi connectivity index (χ1v) is 6.04. The maximum Gasteiger partial charge on any atom is 0.225 e. The number of benzene rings is 1. The first-order valence-electron chi connectivity index (χ1n) is 6.04. The molecule has 16 heavy (non-hydrogen) atoms. The van der Waals surface area contributed by atoms with E-state index in [4.69, 9.17) is 0 Å². The van der Waals surface area contributed by atoms with E-state index in [9.17, 15) is 4.79 Å². The zero-order valence-corrected chi connectivity index (χ0v) is 10.1.